The summed E-state index contributed by atoms with van der Waals surface area (Å²) in [5, 5.41) is 2.61. The zero-order valence-electron chi connectivity index (χ0n) is 20.1. The standard InChI is InChI=1S/C23H25F3N4O6S2/c1-15-13-18(29-37(32)33)6-5-16(15)7-12-38(34,35)30-10-8-22(9-11-30)21(31)27-20(28-22)17-3-2-4-19(14-17)36-23(24,25)26/h2-6,13-14,29H,7-12H2,1H3,(H,32,33)(H,27,28,31). The summed E-state index contributed by atoms with van der Waals surface area (Å²) in [5.74, 6) is -0.928. The number of hydrogen-bond acceptors (Lipinski definition) is 6. The number of rotatable bonds is 8. The zero-order chi connectivity index (χ0) is 27.7. The summed E-state index contributed by atoms with van der Waals surface area (Å²) < 4.78 is 91.1. The highest BCUT2D eigenvalue weighted by atomic mass is 32.2. The van der Waals surface area contributed by atoms with Crippen molar-refractivity contribution in [1.29, 1.82) is 0 Å². The molecular weight excluding hydrogens is 549 g/mol. The van der Waals surface area contributed by atoms with Crippen molar-refractivity contribution in [2.24, 2.45) is 4.99 Å². The first-order valence-corrected chi connectivity index (χ1v) is 14.2. The van der Waals surface area contributed by atoms with E-state index >= 15 is 0 Å². The number of nitrogens with one attached hydrogen (secondary N) is 2. The number of amides is 1. The van der Waals surface area contributed by atoms with Gasteiger partial charge in [-0.1, -0.05) is 18.2 Å². The van der Waals surface area contributed by atoms with Crippen molar-refractivity contribution in [2.45, 2.75) is 38.1 Å². The average molecular weight is 575 g/mol. The van der Waals surface area contributed by atoms with E-state index < -0.39 is 44.8 Å². The second kappa shape index (κ2) is 10.6. The van der Waals surface area contributed by atoms with E-state index in [0.717, 1.165) is 23.3 Å². The van der Waals surface area contributed by atoms with Gasteiger partial charge >= 0.3 is 6.36 Å². The molecule has 2 aromatic carbocycles. The number of ether oxygens (including phenoxy) is 1. The summed E-state index contributed by atoms with van der Waals surface area (Å²) in [6.07, 6.45) is -4.38. The molecule has 0 bridgehead atoms. The topological polar surface area (TPSA) is 137 Å². The van der Waals surface area contributed by atoms with Crippen molar-refractivity contribution in [3.63, 3.8) is 0 Å². The quantitative estimate of drug-likeness (QED) is 0.415. The average Bonchev–Trinajstić information content (AvgIpc) is 3.13. The van der Waals surface area contributed by atoms with E-state index in [2.05, 4.69) is 19.8 Å². The number of alkyl halides is 3. The Morgan fingerprint density at radius 3 is 2.55 bits per heavy atom. The molecule has 2 aromatic rings. The first-order valence-electron chi connectivity index (χ1n) is 11.5. The fraction of sp³-hybridized carbons (Fsp3) is 0.391. The SMILES string of the molecule is Cc1cc(NS(=O)O)ccc1CCS(=O)(=O)N1CCC2(CC1)N=C(c1cccc(OC(F)(F)F)c1)NC2=O. The summed E-state index contributed by atoms with van der Waals surface area (Å²) >= 11 is -2.21. The number of aliphatic imine (C=N–C) groups is 1. The molecule has 1 saturated heterocycles. The van der Waals surface area contributed by atoms with Gasteiger partial charge in [-0.05, 0) is 61.6 Å². The Morgan fingerprint density at radius 1 is 1.21 bits per heavy atom. The second-order valence-corrected chi connectivity index (χ2v) is 11.8. The number of halogens is 3. The number of carbonyl (C=O) groups excluding carboxylic acids is 1. The molecule has 0 aliphatic carbocycles. The Labute approximate surface area is 219 Å². The molecule has 10 nitrogen and oxygen atoms in total. The normalized spacial score (nSPS) is 18.7. The van der Waals surface area contributed by atoms with Crippen LogP contribution in [0.1, 0.15) is 29.5 Å². The van der Waals surface area contributed by atoms with Crippen molar-refractivity contribution in [3.8, 4) is 5.75 Å². The van der Waals surface area contributed by atoms with E-state index in [4.69, 9.17) is 4.55 Å². The van der Waals surface area contributed by atoms with Crippen molar-refractivity contribution in [2.75, 3.05) is 23.6 Å². The van der Waals surface area contributed by atoms with Gasteiger partial charge in [0, 0.05) is 24.3 Å². The maximum atomic E-state index is 13.0. The number of aryl methyl sites for hydroxylation is 2. The number of sulfonamides is 1. The highest BCUT2D eigenvalue weighted by Gasteiger charge is 2.47. The first-order chi connectivity index (χ1) is 17.8. The highest BCUT2D eigenvalue weighted by molar-refractivity contribution is 7.89. The maximum Gasteiger partial charge on any atom is 0.573 e. The van der Waals surface area contributed by atoms with Crippen LogP contribution < -0.4 is 14.8 Å². The Balaban J connectivity index is 1.40. The number of nitrogens with zero attached hydrogens (tertiary/aromatic N) is 2. The summed E-state index contributed by atoms with van der Waals surface area (Å²) in [6.45, 7) is 1.90. The molecule has 1 unspecified atom stereocenters. The summed E-state index contributed by atoms with van der Waals surface area (Å²) in [6, 6.07) is 10.0. The minimum absolute atomic E-state index is 0.0634. The third-order valence-electron chi connectivity index (χ3n) is 6.44. The Kier molecular flexibility index (Phi) is 7.84. The largest absolute Gasteiger partial charge is 0.573 e. The minimum atomic E-state index is -4.86. The van der Waals surface area contributed by atoms with Crippen LogP contribution in [0.2, 0.25) is 0 Å². The zero-order valence-corrected chi connectivity index (χ0v) is 21.8. The fourth-order valence-corrected chi connectivity index (χ4v) is 6.28. The lowest BCUT2D eigenvalue weighted by atomic mass is 9.89. The molecule has 2 heterocycles. The van der Waals surface area contributed by atoms with Crippen LogP contribution in [0.3, 0.4) is 0 Å². The van der Waals surface area contributed by atoms with Crippen LogP contribution >= 0.6 is 0 Å². The third kappa shape index (κ3) is 6.51. The second-order valence-electron chi connectivity index (χ2n) is 8.98. The Bertz CT molecular complexity index is 1390. The van der Waals surface area contributed by atoms with Crippen LogP contribution in [-0.2, 0) is 32.5 Å². The molecule has 4 rings (SSSR count). The third-order valence-corrected chi connectivity index (χ3v) is 8.72. The van der Waals surface area contributed by atoms with Crippen LogP contribution in [-0.4, -0.2) is 64.0 Å². The van der Waals surface area contributed by atoms with Gasteiger partial charge in [0.05, 0.1) is 5.75 Å². The van der Waals surface area contributed by atoms with Gasteiger partial charge in [-0.2, -0.15) is 0 Å². The lowest BCUT2D eigenvalue weighted by molar-refractivity contribution is -0.274. The van der Waals surface area contributed by atoms with E-state index in [1.54, 1.807) is 25.1 Å². The monoisotopic (exact) mass is 574 g/mol. The Morgan fingerprint density at radius 2 is 1.92 bits per heavy atom. The summed E-state index contributed by atoms with van der Waals surface area (Å²) in [4.78, 5) is 17.3. The highest BCUT2D eigenvalue weighted by Crippen LogP contribution is 2.33. The molecule has 38 heavy (non-hydrogen) atoms. The van der Waals surface area contributed by atoms with Gasteiger partial charge in [0.1, 0.15) is 17.1 Å². The number of hydrogen-bond donors (Lipinski definition) is 3. The number of piperidine rings is 1. The maximum absolute atomic E-state index is 13.0. The molecule has 0 aromatic heterocycles. The molecule has 0 saturated carbocycles. The molecule has 3 N–H and O–H groups in total. The van der Waals surface area contributed by atoms with Crippen molar-refractivity contribution < 1.29 is 39.9 Å². The van der Waals surface area contributed by atoms with Gasteiger partial charge < -0.3 is 10.1 Å². The number of carbonyl (C=O) groups is 1. The van der Waals surface area contributed by atoms with Crippen molar-refractivity contribution >= 4 is 38.7 Å². The Hall–Kier alpha value is -3.01. The van der Waals surface area contributed by atoms with Gasteiger partial charge in [0.15, 0.2) is 0 Å². The molecule has 1 spiro atoms. The molecule has 2 aliphatic rings. The number of benzene rings is 2. The smallest absolute Gasteiger partial charge is 0.406 e. The van der Waals surface area contributed by atoms with Crippen molar-refractivity contribution in [3.05, 3.63) is 59.2 Å². The van der Waals surface area contributed by atoms with E-state index in [-0.39, 0.29) is 49.5 Å². The van der Waals surface area contributed by atoms with Gasteiger partial charge in [0.25, 0.3) is 17.2 Å². The van der Waals surface area contributed by atoms with E-state index in [1.807, 2.05) is 0 Å². The molecule has 15 heteroatoms. The molecule has 206 valence electrons. The first kappa shape index (κ1) is 28.0. The number of anilines is 1. The van der Waals surface area contributed by atoms with Gasteiger partial charge in [0.2, 0.25) is 10.0 Å². The van der Waals surface area contributed by atoms with Crippen molar-refractivity contribution in [1.82, 2.24) is 9.62 Å². The summed E-state index contributed by atoms with van der Waals surface area (Å²) in [7, 11) is -3.65. The van der Waals surface area contributed by atoms with Gasteiger partial charge in [-0.15, -0.1) is 13.2 Å². The predicted molar refractivity (Wildman–Crippen MR) is 134 cm³/mol. The molecular formula is C23H25F3N4O6S2. The molecule has 2 aliphatic heterocycles. The van der Waals surface area contributed by atoms with E-state index in [9.17, 15) is 30.6 Å². The molecule has 0 radical (unpaired) electrons. The van der Waals surface area contributed by atoms with Crippen LogP contribution in [0.4, 0.5) is 18.9 Å². The predicted octanol–water partition coefficient (Wildman–Crippen LogP) is 2.73. The summed E-state index contributed by atoms with van der Waals surface area (Å²) in [5.41, 5.74) is 1.02. The fourth-order valence-electron chi connectivity index (χ4n) is 4.48. The molecule has 1 fully saturated rings. The minimum Gasteiger partial charge on any atom is -0.406 e. The van der Waals surface area contributed by atoms with E-state index in [0.29, 0.717) is 5.69 Å². The lowest BCUT2D eigenvalue weighted by Crippen LogP contribution is -2.50. The van der Waals surface area contributed by atoms with Gasteiger partial charge in [-0.25, -0.2) is 16.9 Å². The number of amidine groups is 1. The molecule has 1 amide bonds. The van der Waals surface area contributed by atoms with Gasteiger partial charge in [-0.3, -0.25) is 19.1 Å². The van der Waals surface area contributed by atoms with Crippen LogP contribution in [0.5, 0.6) is 5.75 Å². The van der Waals surface area contributed by atoms with E-state index in [1.165, 1.54) is 16.4 Å². The lowest BCUT2D eigenvalue weighted by Gasteiger charge is -2.34. The van der Waals surface area contributed by atoms with Crippen LogP contribution in [0.25, 0.3) is 0 Å². The van der Waals surface area contributed by atoms with Crippen LogP contribution in [0, 0.1) is 6.92 Å². The van der Waals surface area contributed by atoms with Crippen LogP contribution in [0.15, 0.2) is 47.5 Å². The molecule has 1 atom stereocenters.